The SMILES string of the molecule is COc1cc(OC)c(OC)cc1/C=N/n1cnnc1SCc1ccccc1. The Morgan fingerprint density at radius 1 is 1.00 bits per heavy atom. The van der Waals surface area contributed by atoms with Crippen molar-refractivity contribution >= 4 is 18.0 Å². The topological polar surface area (TPSA) is 70.8 Å². The lowest BCUT2D eigenvalue weighted by Crippen LogP contribution is -1.98. The Morgan fingerprint density at radius 3 is 2.41 bits per heavy atom. The molecule has 0 atom stereocenters. The fraction of sp³-hybridized carbons (Fsp3) is 0.211. The van der Waals surface area contributed by atoms with Crippen molar-refractivity contribution in [3.8, 4) is 17.2 Å². The van der Waals surface area contributed by atoms with E-state index in [0.717, 1.165) is 11.3 Å². The van der Waals surface area contributed by atoms with Gasteiger partial charge < -0.3 is 14.2 Å². The minimum atomic E-state index is 0.593. The van der Waals surface area contributed by atoms with Crippen molar-refractivity contribution in [3.63, 3.8) is 0 Å². The van der Waals surface area contributed by atoms with Crippen LogP contribution in [0.1, 0.15) is 11.1 Å². The summed E-state index contributed by atoms with van der Waals surface area (Å²) >= 11 is 1.57. The highest BCUT2D eigenvalue weighted by atomic mass is 32.2. The van der Waals surface area contributed by atoms with E-state index < -0.39 is 0 Å². The van der Waals surface area contributed by atoms with E-state index in [1.54, 1.807) is 56.4 Å². The highest BCUT2D eigenvalue weighted by Crippen LogP contribution is 2.33. The number of methoxy groups -OCH3 is 3. The zero-order valence-electron chi connectivity index (χ0n) is 15.3. The van der Waals surface area contributed by atoms with Gasteiger partial charge in [0, 0.05) is 17.4 Å². The Morgan fingerprint density at radius 2 is 1.70 bits per heavy atom. The fourth-order valence-corrected chi connectivity index (χ4v) is 3.21. The first-order valence-corrected chi connectivity index (χ1v) is 9.14. The summed E-state index contributed by atoms with van der Waals surface area (Å²) in [5, 5.41) is 13.2. The first-order chi connectivity index (χ1) is 13.2. The molecular weight excluding hydrogens is 364 g/mol. The molecule has 8 heteroatoms. The zero-order valence-corrected chi connectivity index (χ0v) is 16.1. The van der Waals surface area contributed by atoms with Gasteiger partial charge >= 0.3 is 0 Å². The summed E-state index contributed by atoms with van der Waals surface area (Å²) in [5.41, 5.74) is 1.96. The fourth-order valence-electron chi connectivity index (χ4n) is 2.39. The number of benzene rings is 2. The van der Waals surface area contributed by atoms with Gasteiger partial charge in [0.15, 0.2) is 11.5 Å². The monoisotopic (exact) mass is 384 g/mol. The molecule has 3 rings (SSSR count). The van der Waals surface area contributed by atoms with E-state index in [0.29, 0.717) is 22.4 Å². The smallest absolute Gasteiger partial charge is 0.212 e. The number of nitrogens with zero attached hydrogens (tertiary/aromatic N) is 4. The van der Waals surface area contributed by atoms with Crippen molar-refractivity contribution in [2.45, 2.75) is 10.9 Å². The van der Waals surface area contributed by atoms with Crippen molar-refractivity contribution in [3.05, 3.63) is 59.9 Å². The molecule has 1 heterocycles. The Labute approximate surface area is 162 Å². The molecule has 0 aliphatic heterocycles. The first kappa shape index (κ1) is 18.8. The van der Waals surface area contributed by atoms with Gasteiger partial charge in [0.2, 0.25) is 5.16 Å². The van der Waals surface area contributed by atoms with Gasteiger partial charge in [-0.1, -0.05) is 42.1 Å². The van der Waals surface area contributed by atoms with Crippen LogP contribution in [0.15, 0.2) is 59.0 Å². The molecule has 0 saturated heterocycles. The van der Waals surface area contributed by atoms with Gasteiger partial charge in [-0.05, 0) is 11.6 Å². The van der Waals surface area contributed by atoms with Crippen molar-refractivity contribution in [2.75, 3.05) is 21.3 Å². The van der Waals surface area contributed by atoms with E-state index in [2.05, 4.69) is 27.4 Å². The van der Waals surface area contributed by atoms with Crippen LogP contribution in [0.5, 0.6) is 17.2 Å². The maximum absolute atomic E-state index is 5.42. The predicted octanol–water partition coefficient (Wildman–Crippen LogP) is 3.48. The van der Waals surface area contributed by atoms with Crippen molar-refractivity contribution in [1.82, 2.24) is 14.9 Å². The number of ether oxygens (including phenoxy) is 3. The second kappa shape index (κ2) is 9.09. The third-order valence-corrected chi connectivity index (χ3v) is 4.77. The summed E-state index contributed by atoms with van der Waals surface area (Å²) in [6.45, 7) is 0. The van der Waals surface area contributed by atoms with Crippen LogP contribution in [-0.4, -0.2) is 42.4 Å². The van der Waals surface area contributed by atoms with Gasteiger partial charge in [0.1, 0.15) is 12.1 Å². The molecule has 0 fully saturated rings. The van der Waals surface area contributed by atoms with Crippen LogP contribution in [0.2, 0.25) is 0 Å². The summed E-state index contributed by atoms with van der Waals surface area (Å²) in [4.78, 5) is 0. The summed E-state index contributed by atoms with van der Waals surface area (Å²) in [6.07, 6.45) is 3.24. The zero-order chi connectivity index (χ0) is 19.1. The Bertz CT molecular complexity index is 913. The molecular formula is C19H20N4O3S. The van der Waals surface area contributed by atoms with Crippen LogP contribution >= 0.6 is 11.8 Å². The lowest BCUT2D eigenvalue weighted by molar-refractivity contribution is 0.349. The van der Waals surface area contributed by atoms with Crippen molar-refractivity contribution in [2.24, 2.45) is 5.10 Å². The van der Waals surface area contributed by atoms with Crippen molar-refractivity contribution in [1.29, 1.82) is 0 Å². The summed E-state index contributed by atoms with van der Waals surface area (Å²) in [5.74, 6) is 2.61. The molecule has 3 aromatic rings. The molecule has 0 aliphatic carbocycles. The first-order valence-electron chi connectivity index (χ1n) is 8.16. The third-order valence-electron chi connectivity index (χ3n) is 3.77. The average molecular weight is 384 g/mol. The molecule has 2 aromatic carbocycles. The second-order valence-corrected chi connectivity index (χ2v) is 6.37. The molecule has 0 bridgehead atoms. The second-order valence-electron chi connectivity index (χ2n) is 5.43. The van der Waals surface area contributed by atoms with Crippen LogP contribution < -0.4 is 14.2 Å². The van der Waals surface area contributed by atoms with Crippen LogP contribution in [0.25, 0.3) is 0 Å². The lowest BCUT2D eigenvalue weighted by Gasteiger charge is -2.11. The van der Waals surface area contributed by atoms with Crippen LogP contribution in [0.3, 0.4) is 0 Å². The van der Waals surface area contributed by atoms with E-state index in [9.17, 15) is 0 Å². The van der Waals surface area contributed by atoms with E-state index >= 15 is 0 Å². The van der Waals surface area contributed by atoms with E-state index in [-0.39, 0.29) is 0 Å². The van der Waals surface area contributed by atoms with Crippen LogP contribution in [-0.2, 0) is 5.75 Å². The molecule has 0 aliphatic rings. The number of hydrogen-bond donors (Lipinski definition) is 0. The van der Waals surface area contributed by atoms with Crippen molar-refractivity contribution < 1.29 is 14.2 Å². The average Bonchev–Trinajstić information content (AvgIpc) is 3.18. The summed E-state index contributed by atoms with van der Waals surface area (Å²) < 4.78 is 17.7. The molecule has 140 valence electrons. The molecule has 7 nitrogen and oxygen atoms in total. The van der Waals surface area contributed by atoms with E-state index in [1.165, 1.54) is 5.56 Å². The molecule has 1 aromatic heterocycles. The molecule has 0 unspecified atom stereocenters. The Balaban J connectivity index is 1.80. The third kappa shape index (κ3) is 4.59. The van der Waals surface area contributed by atoms with E-state index in [4.69, 9.17) is 14.2 Å². The molecule has 0 saturated carbocycles. The minimum absolute atomic E-state index is 0.593. The molecule has 0 amide bonds. The highest BCUT2D eigenvalue weighted by molar-refractivity contribution is 7.98. The minimum Gasteiger partial charge on any atom is -0.496 e. The largest absolute Gasteiger partial charge is 0.496 e. The summed E-state index contributed by atoms with van der Waals surface area (Å²) in [7, 11) is 4.76. The number of thioether (sulfide) groups is 1. The number of aromatic nitrogens is 3. The van der Waals surface area contributed by atoms with Gasteiger partial charge in [-0.3, -0.25) is 0 Å². The number of hydrogen-bond acceptors (Lipinski definition) is 7. The maximum atomic E-state index is 5.42. The normalized spacial score (nSPS) is 10.9. The molecule has 27 heavy (non-hydrogen) atoms. The molecule has 0 spiro atoms. The van der Waals surface area contributed by atoms with Gasteiger partial charge in [-0.25, -0.2) is 0 Å². The highest BCUT2D eigenvalue weighted by Gasteiger charge is 2.11. The van der Waals surface area contributed by atoms with Gasteiger partial charge in [-0.2, -0.15) is 9.78 Å². The predicted molar refractivity (Wildman–Crippen MR) is 105 cm³/mol. The van der Waals surface area contributed by atoms with Gasteiger partial charge in [0.05, 0.1) is 27.5 Å². The lowest BCUT2D eigenvalue weighted by atomic mass is 10.2. The quantitative estimate of drug-likeness (QED) is 0.437. The van der Waals surface area contributed by atoms with Crippen LogP contribution in [0.4, 0.5) is 0 Å². The number of rotatable bonds is 8. The van der Waals surface area contributed by atoms with Gasteiger partial charge in [0.25, 0.3) is 0 Å². The summed E-state index contributed by atoms with van der Waals surface area (Å²) in [6, 6.07) is 13.7. The Kier molecular flexibility index (Phi) is 6.32. The molecule has 0 radical (unpaired) electrons. The standard InChI is InChI=1S/C19H20N4O3S/c1-24-16-10-18(26-3)17(25-2)9-15(16)11-21-23-13-20-22-19(23)27-12-14-7-5-4-6-8-14/h4-11,13H,12H2,1-3H3/b21-11+. The maximum Gasteiger partial charge on any atom is 0.212 e. The van der Waals surface area contributed by atoms with Gasteiger partial charge in [-0.15, -0.1) is 10.2 Å². The molecule has 0 N–H and O–H groups in total. The Hall–Kier alpha value is -3.00. The van der Waals surface area contributed by atoms with E-state index in [1.807, 2.05) is 24.3 Å². The van der Waals surface area contributed by atoms with Crippen LogP contribution in [0, 0.1) is 0 Å².